The summed E-state index contributed by atoms with van der Waals surface area (Å²) in [6.45, 7) is 0. The summed E-state index contributed by atoms with van der Waals surface area (Å²) >= 11 is 0. The van der Waals surface area contributed by atoms with Crippen LogP contribution in [0, 0.1) is 0 Å². The van der Waals surface area contributed by atoms with Crippen molar-refractivity contribution in [2.24, 2.45) is 0 Å². The first-order valence-electron chi connectivity index (χ1n) is 9.02. The van der Waals surface area contributed by atoms with Gasteiger partial charge in [-0.05, 0) is 41.9 Å². The maximum atomic E-state index is 11.8. The molecule has 0 amide bonds. The molecule has 1 heterocycles. The van der Waals surface area contributed by atoms with E-state index in [2.05, 4.69) is 34.5 Å². The topological polar surface area (TPSA) is 45.8 Å². The van der Waals surface area contributed by atoms with Gasteiger partial charge in [-0.25, -0.2) is 5.10 Å². The number of aromatic nitrogens is 2. The van der Waals surface area contributed by atoms with E-state index in [-0.39, 0.29) is 5.56 Å². The Morgan fingerprint density at radius 1 is 0.960 bits per heavy atom. The van der Waals surface area contributed by atoms with E-state index in [4.69, 9.17) is 0 Å². The van der Waals surface area contributed by atoms with Gasteiger partial charge in [0.15, 0.2) is 0 Å². The Bertz CT molecular complexity index is 909. The highest BCUT2D eigenvalue weighted by atomic mass is 16.1. The van der Waals surface area contributed by atoms with E-state index in [1.165, 1.54) is 36.8 Å². The first-order chi connectivity index (χ1) is 12.3. The van der Waals surface area contributed by atoms with Crippen LogP contribution in [0.5, 0.6) is 0 Å². The van der Waals surface area contributed by atoms with E-state index in [1.54, 1.807) is 6.07 Å². The molecule has 0 bridgehead atoms. The molecule has 0 aliphatic heterocycles. The Morgan fingerprint density at radius 2 is 1.76 bits per heavy atom. The number of hydrogen-bond donors (Lipinski definition) is 1. The van der Waals surface area contributed by atoms with Gasteiger partial charge in [-0.2, -0.15) is 5.10 Å². The quantitative estimate of drug-likeness (QED) is 0.754. The predicted molar refractivity (Wildman–Crippen MR) is 101 cm³/mol. The van der Waals surface area contributed by atoms with Gasteiger partial charge in [-0.3, -0.25) is 4.79 Å². The van der Waals surface area contributed by atoms with Crippen LogP contribution in [-0.2, 0) is 6.42 Å². The molecular weight excluding hydrogens is 308 g/mol. The van der Waals surface area contributed by atoms with E-state index < -0.39 is 0 Å². The third-order valence-corrected chi connectivity index (χ3v) is 5.11. The fraction of sp³-hybridized carbons (Fsp3) is 0.273. The number of hydrogen-bond acceptors (Lipinski definition) is 2. The summed E-state index contributed by atoms with van der Waals surface area (Å²) in [5.41, 5.74) is 5.38. The standard InChI is InChI=1S/C22H22N2O/c25-21-15-20(22(24-23-21)18-10-2-1-3-11-18)14-16-7-6-12-19(13-16)17-8-4-5-9-17/h1-3,6-7,10-13,15,17H,4-5,8-9,14H2,(H,23,25). The van der Waals surface area contributed by atoms with Gasteiger partial charge >= 0.3 is 0 Å². The van der Waals surface area contributed by atoms with Crippen LogP contribution in [0.2, 0.25) is 0 Å². The Hall–Kier alpha value is -2.68. The van der Waals surface area contributed by atoms with Crippen LogP contribution in [0.15, 0.2) is 65.5 Å². The lowest BCUT2D eigenvalue weighted by molar-refractivity contribution is 0.722. The maximum Gasteiger partial charge on any atom is 0.264 e. The van der Waals surface area contributed by atoms with Gasteiger partial charge in [0.25, 0.3) is 5.56 Å². The van der Waals surface area contributed by atoms with Crippen molar-refractivity contribution in [3.63, 3.8) is 0 Å². The van der Waals surface area contributed by atoms with Gasteiger partial charge in [0.1, 0.15) is 0 Å². The molecule has 1 aliphatic rings. The van der Waals surface area contributed by atoms with Gasteiger partial charge in [0, 0.05) is 11.6 Å². The van der Waals surface area contributed by atoms with Gasteiger partial charge in [0.2, 0.25) is 0 Å². The summed E-state index contributed by atoms with van der Waals surface area (Å²) in [5.74, 6) is 0.700. The van der Waals surface area contributed by atoms with Gasteiger partial charge < -0.3 is 0 Å². The molecule has 0 saturated heterocycles. The van der Waals surface area contributed by atoms with E-state index >= 15 is 0 Å². The van der Waals surface area contributed by atoms with Crippen molar-refractivity contribution in [3.05, 3.63) is 87.7 Å². The van der Waals surface area contributed by atoms with Crippen molar-refractivity contribution in [1.29, 1.82) is 0 Å². The Labute approximate surface area is 147 Å². The van der Waals surface area contributed by atoms with Crippen molar-refractivity contribution in [2.45, 2.75) is 38.0 Å². The zero-order valence-electron chi connectivity index (χ0n) is 14.2. The summed E-state index contributed by atoms with van der Waals surface area (Å²) in [6.07, 6.45) is 5.99. The molecule has 3 aromatic rings. The number of aromatic amines is 1. The van der Waals surface area contributed by atoms with E-state index in [0.717, 1.165) is 23.2 Å². The van der Waals surface area contributed by atoms with Crippen LogP contribution in [-0.4, -0.2) is 10.2 Å². The lowest BCUT2D eigenvalue weighted by Crippen LogP contribution is -2.10. The second-order valence-corrected chi connectivity index (χ2v) is 6.88. The summed E-state index contributed by atoms with van der Waals surface area (Å²) in [7, 11) is 0. The molecule has 3 nitrogen and oxygen atoms in total. The van der Waals surface area contributed by atoms with Crippen LogP contribution in [0.25, 0.3) is 11.3 Å². The van der Waals surface area contributed by atoms with Crippen LogP contribution >= 0.6 is 0 Å². The van der Waals surface area contributed by atoms with Gasteiger partial charge in [-0.1, -0.05) is 67.4 Å². The van der Waals surface area contributed by atoms with Crippen molar-refractivity contribution < 1.29 is 0 Å². The fourth-order valence-corrected chi connectivity index (χ4v) is 3.86. The maximum absolute atomic E-state index is 11.8. The molecule has 0 atom stereocenters. The Balaban J connectivity index is 1.68. The molecule has 0 unspecified atom stereocenters. The molecule has 1 fully saturated rings. The molecule has 25 heavy (non-hydrogen) atoms. The highest BCUT2D eigenvalue weighted by Gasteiger charge is 2.17. The number of nitrogens with zero attached hydrogens (tertiary/aromatic N) is 1. The second-order valence-electron chi connectivity index (χ2n) is 6.88. The number of rotatable bonds is 4. The van der Waals surface area contributed by atoms with E-state index in [1.807, 2.05) is 30.3 Å². The van der Waals surface area contributed by atoms with E-state index in [9.17, 15) is 4.79 Å². The number of H-pyrrole nitrogens is 1. The lowest BCUT2D eigenvalue weighted by Gasteiger charge is -2.12. The highest BCUT2D eigenvalue weighted by Crippen LogP contribution is 2.34. The smallest absolute Gasteiger partial charge is 0.264 e. The van der Waals surface area contributed by atoms with Crippen molar-refractivity contribution in [2.75, 3.05) is 0 Å². The fourth-order valence-electron chi connectivity index (χ4n) is 3.86. The minimum absolute atomic E-state index is 0.151. The molecule has 1 N–H and O–H groups in total. The summed E-state index contributed by atoms with van der Waals surface area (Å²) in [6, 6.07) is 20.6. The molecule has 1 saturated carbocycles. The zero-order chi connectivity index (χ0) is 17.1. The summed E-state index contributed by atoms with van der Waals surface area (Å²) in [4.78, 5) is 11.8. The third-order valence-electron chi connectivity index (χ3n) is 5.11. The lowest BCUT2D eigenvalue weighted by atomic mass is 9.93. The normalized spacial score (nSPS) is 14.7. The van der Waals surface area contributed by atoms with Crippen LogP contribution in [0.3, 0.4) is 0 Å². The zero-order valence-corrected chi connectivity index (χ0v) is 14.2. The molecule has 126 valence electrons. The van der Waals surface area contributed by atoms with Crippen LogP contribution < -0.4 is 5.56 Å². The molecule has 0 radical (unpaired) electrons. The molecule has 3 heteroatoms. The minimum Gasteiger partial charge on any atom is -0.268 e. The monoisotopic (exact) mass is 330 g/mol. The Morgan fingerprint density at radius 3 is 2.56 bits per heavy atom. The SMILES string of the molecule is O=c1cc(Cc2cccc(C3CCCC3)c2)c(-c2ccccc2)n[nH]1. The second kappa shape index (κ2) is 7.06. The van der Waals surface area contributed by atoms with Gasteiger partial charge in [0.05, 0.1) is 5.69 Å². The molecule has 2 aromatic carbocycles. The Kier molecular flexibility index (Phi) is 4.47. The third kappa shape index (κ3) is 3.55. The molecular formula is C22H22N2O. The molecule has 0 spiro atoms. The highest BCUT2D eigenvalue weighted by molar-refractivity contribution is 5.62. The van der Waals surface area contributed by atoms with Crippen LogP contribution in [0.1, 0.15) is 48.3 Å². The van der Waals surface area contributed by atoms with Gasteiger partial charge in [-0.15, -0.1) is 0 Å². The largest absolute Gasteiger partial charge is 0.268 e. The average molecular weight is 330 g/mol. The minimum atomic E-state index is -0.151. The predicted octanol–water partition coefficient (Wildman–Crippen LogP) is 4.69. The van der Waals surface area contributed by atoms with E-state index in [0.29, 0.717) is 5.92 Å². The summed E-state index contributed by atoms with van der Waals surface area (Å²) < 4.78 is 0. The van der Waals surface area contributed by atoms with Crippen molar-refractivity contribution in [1.82, 2.24) is 10.2 Å². The molecule has 4 rings (SSSR count). The summed E-state index contributed by atoms with van der Waals surface area (Å²) in [5, 5.41) is 6.88. The average Bonchev–Trinajstić information content (AvgIpc) is 3.18. The molecule has 1 aliphatic carbocycles. The first-order valence-corrected chi connectivity index (χ1v) is 9.02. The number of benzene rings is 2. The number of nitrogens with one attached hydrogen (secondary N) is 1. The first kappa shape index (κ1) is 15.8. The van der Waals surface area contributed by atoms with Crippen molar-refractivity contribution >= 4 is 0 Å². The van der Waals surface area contributed by atoms with Crippen molar-refractivity contribution in [3.8, 4) is 11.3 Å². The van der Waals surface area contributed by atoms with Crippen LogP contribution in [0.4, 0.5) is 0 Å². The molecule has 1 aromatic heterocycles.